The number of hydrogen-bond acceptors (Lipinski definition) is 7. The molecule has 1 atom stereocenters. The highest BCUT2D eigenvalue weighted by Crippen LogP contribution is 2.30. The molecule has 2 amide bonds. The highest BCUT2D eigenvalue weighted by molar-refractivity contribution is 8.15. The molecule has 1 aliphatic rings. The standard InChI is InChI=1S/C19H15Cl2N5O4S/c1-10(11-5-7-12(8-6-11)26(29)30)24-25-19-23-18(28)15(31-19)9-16(27)22-14-4-2-3-13(20)17(14)21/h2-8,15H,9H2,1H3,(H,22,27)(H,23,25,28)/b24-10-/t15-/m0/s1. The van der Waals surface area contributed by atoms with Crippen LogP contribution in [0.2, 0.25) is 10.0 Å². The Hall–Kier alpha value is -2.95. The lowest BCUT2D eigenvalue weighted by Gasteiger charge is -2.09. The van der Waals surface area contributed by atoms with E-state index in [1.165, 1.54) is 12.1 Å². The molecule has 9 nitrogen and oxygen atoms in total. The van der Waals surface area contributed by atoms with Crippen molar-refractivity contribution in [2.45, 2.75) is 18.6 Å². The first kappa shape index (κ1) is 22.7. The van der Waals surface area contributed by atoms with Gasteiger partial charge in [0.05, 0.1) is 26.4 Å². The molecule has 0 saturated carbocycles. The van der Waals surface area contributed by atoms with Crippen molar-refractivity contribution in [1.82, 2.24) is 5.32 Å². The lowest BCUT2D eigenvalue weighted by molar-refractivity contribution is -0.384. The van der Waals surface area contributed by atoms with E-state index < -0.39 is 16.1 Å². The summed E-state index contributed by atoms with van der Waals surface area (Å²) in [6.07, 6.45) is -0.0938. The van der Waals surface area contributed by atoms with Gasteiger partial charge >= 0.3 is 0 Å². The van der Waals surface area contributed by atoms with Gasteiger partial charge in [0.2, 0.25) is 11.8 Å². The fourth-order valence-corrected chi connectivity index (χ4v) is 3.82. The molecule has 1 aliphatic heterocycles. The number of nitro groups is 1. The first-order chi connectivity index (χ1) is 14.7. The van der Waals surface area contributed by atoms with E-state index in [2.05, 4.69) is 20.8 Å². The number of nitrogens with one attached hydrogen (secondary N) is 2. The van der Waals surface area contributed by atoms with Crippen molar-refractivity contribution in [3.63, 3.8) is 0 Å². The molecular formula is C19H15Cl2N5O4S. The van der Waals surface area contributed by atoms with Gasteiger partial charge in [0, 0.05) is 18.6 Å². The van der Waals surface area contributed by atoms with Crippen LogP contribution >= 0.6 is 35.0 Å². The largest absolute Gasteiger partial charge is 0.325 e. The number of rotatable bonds is 6. The number of carbonyl (C=O) groups excluding carboxylic acids is 2. The Morgan fingerprint density at radius 1 is 1.26 bits per heavy atom. The SMILES string of the molecule is C/C(=N/N=C1\NC(=O)[C@H](CC(=O)Nc2cccc(Cl)c2Cl)S1)c1ccc([N+](=O)[O-])cc1. The van der Waals surface area contributed by atoms with Crippen molar-refractivity contribution >= 4 is 69.0 Å². The first-order valence-corrected chi connectivity index (χ1v) is 10.5. The molecule has 1 fully saturated rings. The third-order valence-electron chi connectivity index (χ3n) is 4.16. The molecule has 0 bridgehead atoms. The maximum absolute atomic E-state index is 12.3. The summed E-state index contributed by atoms with van der Waals surface area (Å²) in [6, 6.07) is 10.7. The molecule has 0 aliphatic carbocycles. The normalized spacial score (nSPS) is 17.5. The highest BCUT2D eigenvalue weighted by Gasteiger charge is 2.32. The van der Waals surface area contributed by atoms with Gasteiger partial charge in [0.1, 0.15) is 5.25 Å². The second-order valence-corrected chi connectivity index (χ2v) is 8.32. The van der Waals surface area contributed by atoms with E-state index >= 15 is 0 Å². The number of anilines is 1. The second-order valence-electron chi connectivity index (χ2n) is 6.34. The van der Waals surface area contributed by atoms with E-state index in [1.807, 2.05) is 0 Å². The minimum absolute atomic E-state index is 0.0262. The average molecular weight is 480 g/mol. The summed E-state index contributed by atoms with van der Waals surface area (Å²) in [4.78, 5) is 34.7. The van der Waals surface area contributed by atoms with Gasteiger partial charge in [0.15, 0.2) is 5.17 Å². The van der Waals surface area contributed by atoms with Gasteiger partial charge in [0.25, 0.3) is 5.69 Å². The third-order valence-corrected chi connectivity index (χ3v) is 6.05. The second kappa shape index (κ2) is 9.90. The number of amidine groups is 1. The maximum Gasteiger partial charge on any atom is 0.269 e. The first-order valence-electron chi connectivity index (χ1n) is 8.83. The smallest absolute Gasteiger partial charge is 0.269 e. The van der Waals surface area contributed by atoms with Crippen molar-refractivity contribution in [2.24, 2.45) is 10.2 Å². The monoisotopic (exact) mass is 479 g/mol. The molecule has 1 heterocycles. The quantitative estimate of drug-likeness (QED) is 0.363. The van der Waals surface area contributed by atoms with Crippen LogP contribution in [0, 0.1) is 10.1 Å². The van der Waals surface area contributed by atoms with Gasteiger partial charge in [-0.1, -0.05) is 41.0 Å². The molecule has 12 heteroatoms. The third kappa shape index (κ3) is 5.81. The molecular weight excluding hydrogens is 465 g/mol. The van der Waals surface area contributed by atoms with Crippen LogP contribution in [0.4, 0.5) is 11.4 Å². The Kier molecular flexibility index (Phi) is 7.26. The molecule has 0 spiro atoms. The van der Waals surface area contributed by atoms with Crippen LogP contribution in [-0.2, 0) is 9.59 Å². The molecule has 31 heavy (non-hydrogen) atoms. The summed E-state index contributed by atoms with van der Waals surface area (Å²) in [5.74, 6) is -0.761. The number of thioether (sulfide) groups is 1. The van der Waals surface area contributed by atoms with Crippen LogP contribution in [-0.4, -0.2) is 32.9 Å². The molecule has 0 unspecified atom stereocenters. The molecule has 3 rings (SSSR count). The summed E-state index contributed by atoms with van der Waals surface area (Å²) in [5, 5.41) is 24.1. The zero-order valence-corrected chi connectivity index (χ0v) is 18.3. The van der Waals surface area contributed by atoms with E-state index in [4.69, 9.17) is 23.2 Å². The lowest BCUT2D eigenvalue weighted by Crippen LogP contribution is -2.28. The Morgan fingerprint density at radius 3 is 2.65 bits per heavy atom. The number of benzene rings is 2. The van der Waals surface area contributed by atoms with Gasteiger partial charge < -0.3 is 10.6 Å². The Balaban J connectivity index is 1.61. The van der Waals surface area contributed by atoms with Gasteiger partial charge in [-0.25, -0.2) is 0 Å². The van der Waals surface area contributed by atoms with Gasteiger partial charge in [-0.05, 0) is 36.8 Å². The van der Waals surface area contributed by atoms with Crippen molar-refractivity contribution in [2.75, 3.05) is 5.32 Å². The minimum Gasteiger partial charge on any atom is -0.325 e. The number of hydrogen-bond donors (Lipinski definition) is 2. The number of amides is 2. The van der Waals surface area contributed by atoms with Crippen molar-refractivity contribution in [3.8, 4) is 0 Å². The fraction of sp³-hybridized carbons (Fsp3) is 0.158. The van der Waals surface area contributed by atoms with E-state index in [0.29, 0.717) is 22.0 Å². The van der Waals surface area contributed by atoms with Crippen molar-refractivity contribution < 1.29 is 14.5 Å². The van der Waals surface area contributed by atoms with Crippen LogP contribution in [0.1, 0.15) is 18.9 Å². The lowest BCUT2D eigenvalue weighted by atomic mass is 10.1. The predicted octanol–water partition coefficient (Wildman–Crippen LogP) is 4.24. The molecule has 0 aromatic heterocycles. The van der Waals surface area contributed by atoms with E-state index in [1.54, 1.807) is 37.3 Å². The summed E-state index contributed by atoms with van der Waals surface area (Å²) >= 11 is 13.1. The maximum atomic E-state index is 12.3. The number of nitro benzene ring substituents is 1. The Morgan fingerprint density at radius 2 is 1.97 bits per heavy atom. The van der Waals surface area contributed by atoms with Crippen molar-refractivity contribution in [1.29, 1.82) is 0 Å². The Labute approximate surface area is 191 Å². The number of carbonyl (C=O) groups is 2. The molecule has 2 aromatic carbocycles. The van der Waals surface area contributed by atoms with Gasteiger partial charge in [-0.15, -0.1) is 5.10 Å². The van der Waals surface area contributed by atoms with Crippen LogP contribution in [0.15, 0.2) is 52.7 Å². The zero-order valence-electron chi connectivity index (χ0n) is 16.0. The van der Waals surface area contributed by atoms with E-state index in [-0.39, 0.29) is 28.2 Å². The van der Waals surface area contributed by atoms with Crippen LogP contribution < -0.4 is 10.6 Å². The fourth-order valence-electron chi connectivity index (χ4n) is 2.56. The van der Waals surface area contributed by atoms with E-state index in [0.717, 1.165) is 11.8 Å². The molecule has 2 aromatic rings. The Bertz CT molecular complexity index is 1100. The predicted molar refractivity (Wildman–Crippen MR) is 122 cm³/mol. The minimum atomic E-state index is -0.674. The molecule has 160 valence electrons. The van der Waals surface area contributed by atoms with Gasteiger partial charge in [-0.2, -0.15) is 5.10 Å². The average Bonchev–Trinajstić information content (AvgIpc) is 3.08. The zero-order chi connectivity index (χ0) is 22.5. The molecule has 1 saturated heterocycles. The topological polar surface area (TPSA) is 126 Å². The number of nitrogens with zero attached hydrogens (tertiary/aromatic N) is 3. The summed E-state index contributed by atoms with van der Waals surface area (Å²) in [6.45, 7) is 1.69. The molecule has 0 radical (unpaired) electrons. The summed E-state index contributed by atoms with van der Waals surface area (Å²) < 4.78 is 0. The number of halogens is 2. The van der Waals surface area contributed by atoms with Crippen LogP contribution in [0.25, 0.3) is 0 Å². The summed E-state index contributed by atoms with van der Waals surface area (Å²) in [7, 11) is 0. The summed E-state index contributed by atoms with van der Waals surface area (Å²) in [5.41, 5.74) is 1.49. The molecule has 2 N–H and O–H groups in total. The highest BCUT2D eigenvalue weighted by atomic mass is 35.5. The van der Waals surface area contributed by atoms with Crippen LogP contribution in [0.5, 0.6) is 0 Å². The van der Waals surface area contributed by atoms with E-state index in [9.17, 15) is 19.7 Å². The van der Waals surface area contributed by atoms with Crippen LogP contribution in [0.3, 0.4) is 0 Å². The number of non-ortho nitro benzene ring substituents is 1. The van der Waals surface area contributed by atoms with Gasteiger partial charge in [-0.3, -0.25) is 19.7 Å². The van der Waals surface area contributed by atoms with Crippen molar-refractivity contribution in [3.05, 3.63) is 68.2 Å².